The second kappa shape index (κ2) is 49.7. The number of aliphatic carboxylic acids is 2. The maximum atomic E-state index is 14.9. The number of nitrogens with two attached hydrogens (primary N) is 6. The molecule has 1 aliphatic heterocycles. The van der Waals surface area contributed by atoms with Crippen LogP contribution < -0.4 is 92.9 Å². The summed E-state index contributed by atoms with van der Waals surface area (Å²) in [6.45, 7) is 16.5. The zero-order chi connectivity index (χ0) is 85.6. The highest BCUT2D eigenvalue weighted by atomic mass is 16.4. The number of carboxylic acid groups (broad SMARTS) is 2. The average Bonchev–Trinajstić information content (AvgIpc) is 1.63. The molecule has 0 saturated carbocycles. The van der Waals surface area contributed by atoms with Crippen molar-refractivity contribution in [3.63, 3.8) is 0 Å². The summed E-state index contributed by atoms with van der Waals surface area (Å²) >= 11 is 0. The fraction of sp³-hybridized carbons (Fsp3) is 0.632. The topological polar surface area (TPSA) is 636 Å². The van der Waals surface area contributed by atoms with E-state index in [4.69, 9.17) is 34.4 Å². The number of phenols is 1. The third-order valence-corrected chi connectivity index (χ3v) is 18.5. The van der Waals surface area contributed by atoms with Crippen LogP contribution in [0.5, 0.6) is 5.75 Å². The number of carboxylic acids is 2. The fourth-order valence-corrected chi connectivity index (χ4v) is 12.5. The fourth-order valence-electron chi connectivity index (χ4n) is 12.5. The number of aromatic hydroxyl groups is 1. The minimum absolute atomic E-state index is 0.0103. The number of amides is 12. The van der Waals surface area contributed by atoms with Crippen molar-refractivity contribution in [3.8, 4) is 5.75 Å². The molecule has 636 valence electrons. The monoisotopic (exact) mass is 1600 g/mol. The van der Waals surface area contributed by atoms with Crippen molar-refractivity contribution in [2.45, 2.75) is 257 Å². The number of aliphatic imine (C=N–C) groups is 2. The number of aliphatic hydroxyl groups excluding tert-OH is 1. The molecule has 38 nitrogen and oxygen atoms in total. The number of carbonyl (C=O) groups is 14. The zero-order valence-corrected chi connectivity index (χ0v) is 67.0. The van der Waals surface area contributed by atoms with E-state index in [0.29, 0.717) is 12.0 Å². The Kier molecular flexibility index (Phi) is 42.5. The van der Waals surface area contributed by atoms with Crippen molar-refractivity contribution < 1.29 is 87.5 Å². The van der Waals surface area contributed by atoms with Gasteiger partial charge in [0.25, 0.3) is 0 Å². The Morgan fingerprint density at radius 1 is 0.465 bits per heavy atom. The van der Waals surface area contributed by atoms with E-state index in [1.807, 2.05) is 58.0 Å². The van der Waals surface area contributed by atoms with Crippen LogP contribution in [0.2, 0.25) is 0 Å². The van der Waals surface area contributed by atoms with E-state index in [-0.39, 0.29) is 145 Å². The van der Waals surface area contributed by atoms with Crippen LogP contribution in [0.25, 0.3) is 0 Å². The largest absolute Gasteiger partial charge is 0.508 e. The smallest absolute Gasteiger partial charge is 0.328 e. The van der Waals surface area contributed by atoms with Crippen LogP contribution in [0.3, 0.4) is 0 Å². The van der Waals surface area contributed by atoms with Gasteiger partial charge in [0, 0.05) is 32.5 Å². The van der Waals surface area contributed by atoms with Crippen LogP contribution in [0.15, 0.2) is 64.6 Å². The van der Waals surface area contributed by atoms with Gasteiger partial charge in [0.15, 0.2) is 18.0 Å². The highest BCUT2D eigenvalue weighted by Gasteiger charge is 2.42. The lowest BCUT2D eigenvalue weighted by molar-refractivity contribution is -0.146. The van der Waals surface area contributed by atoms with Gasteiger partial charge in [-0.25, -0.2) is 4.79 Å². The van der Waals surface area contributed by atoms with Crippen molar-refractivity contribution in [3.05, 3.63) is 65.7 Å². The van der Waals surface area contributed by atoms with E-state index in [0.717, 1.165) is 17.4 Å². The molecule has 1 saturated heterocycles. The lowest BCUT2D eigenvalue weighted by Gasteiger charge is -2.31. The van der Waals surface area contributed by atoms with Gasteiger partial charge in [0.2, 0.25) is 70.9 Å². The van der Waals surface area contributed by atoms with E-state index >= 15 is 0 Å². The number of unbranched alkanes of at least 4 members (excludes halogenated alkanes) is 1. The van der Waals surface area contributed by atoms with Crippen LogP contribution in [0.4, 0.5) is 0 Å². The summed E-state index contributed by atoms with van der Waals surface area (Å²) in [5, 5.41) is 68.5. The van der Waals surface area contributed by atoms with Crippen LogP contribution in [-0.4, -0.2) is 231 Å². The number of nitrogens with one attached hydrogen (secondary N) is 11. The van der Waals surface area contributed by atoms with Crippen molar-refractivity contribution in [2.75, 3.05) is 26.2 Å². The number of phenolic OH excluding ortho intramolecular Hbond substituents is 1. The van der Waals surface area contributed by atoms with E-state index < -0.39 is 186 Å². The summed E-state index contributed by atoms with van der Waals surface area (Å²) in [6, 6.07) is -3.52. The summed E-state index contributed by atoms with van der Waals surface area (Å²) in [7, 11) is 0. The molecule has 27 N–H and O–H groups in total. The van der Waals surface area contributed by atoms with E-state index in [1.54, 1.807) is 27.7 Å². The number of hydrogen-bond acceptors (Lipinski definition) is 20. The zero-order valence-electron chi connectivity index (χ0n) is 67.0. The normalized spacial score (nSPS) is 16.0. The summed E-state index contributed by atoms with van der Waals surface area (Å²) in [4.78, 5) is 205. The van der Waals surface area contributed by atoms with Gasteiger partial charge in [0.05, 0.1) is 12.1 Å². The lowest BCUT2D eigenvalue weighted by atomic mass is 9.98. The number of nitrogens with zero attached hydrogens (tertiary/aromatic N) is 3. The van der Waals surface area contributed by atoms with Gasteiger partial charge < -0.3 is 118 Å². The highest BCUT2D eigenvalue weighted by Crippen LogP contribution is 2.22. The molecule has 0 unspecified atom stereocenters. The van der Waals surface area contributed by atoms with Crippen LogP contribution in [-0.2, 0) is 80.0 Å². The standard InChI is InChI=1S/C76H124N20O18/c1-40(2)35-54(90-63(102)49(78)38-46-19-12-11-13-20-46)68(107)92-56(37-42(5)6)69(108)91-55(36-41(3)4)67(106)87-50(21-14-15-31-77)66(105)93-57(39-47-25-27-48(98)28-26-47)70(109)88-51(22-16-32-83-75(79)80)64(103)85-44(9)62(101)86-52(23-17-33-84-76(81)82)65(104)89-53(29-30-59(99)100)73(112)96-34-18-24-58(96)71(110)94-60(43(7)8)72(111)95-61(45(10)97)74(113)114/h11-13,19-20,25-28,40-45,49-58,60-61,97-98H,14-18,21-24,29-39,77-78H2,1-10H3,(H,85,103)(H,86,101)(H,87,106)(H,88,109)(H,89,104)(H,90,102)(H,91,108)(H,92,107)(H,93,105)(H,94,110)(H,95,111)(H,99,100)(H,113,114)(H4,79,80,83)(H4,81,82,84)/t44-,45+,49-,50-,51-,52-,53-,54-,55-,56-,57-,58-,60-,61-/m0/s1. The maximum absolute atomic E-state index is 14.9. The van der Waals surface area contributed by atoms with Gasteiger partial charge in [0.1, 0.15) is 72.2 Å². The number of hydrogen-bond donors (Lipinski definition) is 21. The number of aliphatic hydroxyl groups is 1. The third-order valence-electron chi connectivity index (χ3n) is 18.5. The summed E-state index contributed by atoms with van der Waals surface area (Å²) in [5.41, 5.74) is 35.8. The first-order chi connectivity index (χ1) is 53.6. The Bertz CT molecular complexity index is 3580. The molecule has 2 aromatic carbocycles. The first-order valence-electron chi connectivity index (χ1n) is 38.8. The Labute approximate surface area is 665 Å². The highest BCUT2D eigenvalue weighted by molar-refractivity contribution is 6.00. The molecule has 1 fully saturated rings. The third kappa shape index (κ3) is 35.5. The SMILES string of the molecule is CC(C)C[C@H](NC(=O)[C@H](CC(C)C)NC(=O)[C@H](CC(C)C)NC(=O)[C@@H](N)Cc1ccccc1)C(=O)N[C@@H](CCCCN)C(=O)N[C@@H](Cc1ccc(O)cc1)C(=O)N[C@@H](CCCN=C(N)N)C(=O)N[C@@H](C)C(=O)N[C@@H](CCCN=C(N)N)C(=O)N[C@@H](CCC(=O)O)C(=O)N1CCC[C@H]1C(=O)N[C@H](C(=O)N[C@H](C(=O)O)[C@@H](C)O)C(C)C. The van der Waals surface area contributed by atoms with Crippen LogP contribution >= 0.6 is 0 Å². The van der Waals surface area contributed by atoms with Crippen molar-refractivity contribution in [1.82, 2.24) is 63.4 Å². The molecule has 38 heteroatoms. The minimum Gasteiger partial charge on any atom is -0.508 e. The van der Waals surface area contributed by atoms with E-state index in [1.165, 1.54) is 31.2 Å². The van der Waals surface area contributed by atoms with Gasteiger partial charge in [-0.2, -0.15) is 0 Å². The number of guanidine groups is 2. The Morgan fingerprint density at radius 3 is 1.33 bits per heavy atom. The van der Waals surface area contributed by atoms with Crippen LogP contribution in [0.1, 0.15) is 170 Å². The molecule has 0 aromatic heterocycles. The Morgan fingerprint density at radius 2 is 0.886 bits per heavy atom. The van der Waals surface area contributed by atoms with Crippen molar-refractivity contribution in [1.29, 1.82) is 0 Å². The van der Waals surface area contributed by atoms with Crippen molar-refractivity contribution in [2.24, 2.45) is 68.1 Å². The first-order valence-corrected chi connectivity index (χ1v) is 38.8. The number of benzene rings is 2. The molecule has 12 amide bonds. The summed E-state index contributed by atoms with van der Waals surface area (Å²) in [6.07, 6.45) is -1.96. The Balaban J connectivity index is 2.00. The Hall–Kier alpha value is -10.8. The van der Waals surface area contributed by atoms with E-state index in [2.05, 4.69) is 68.5 Å². The second-order valence-corrected chi connectivity index (χ2v) is 30.4. The molecular formula is C76H124N20O18. The summed E-state index contributed by atoms with van der Waals surface area (Å²) in [5.74, 6) is -15.1. The number of rotatable bonds is 51. The first kappa shape index (κ1) is 97.4. The lowest BCUT2D eigenvalue weighted by Crippen LogP contribution is -2.61. The van der Waals surface area contributed by atoms with E-state index in [9.17, 15) is 87.5 Å². The van der Waals surface area contributed by atoms with Gasteiger partial charge in [-0.3, -0.25) is 72.3 Å². The molecule has 1 aliphatic rings. The molecule has 114 heavy (non-hydrogen) atoms. The number of carbonyl (C=O) groups excluding carboxylic acids is 12. The van der Waals surface area contributed by atoms with Gasteiger partial charge in [-0.15, -0.1) is 0 Å². The molecule has 0 bridgehead atoms. The molecule has 1 heterocycles. The maximum Gasteiger partial charge on any atom is 0.328 e. The van der Waals surface area contributed by atoms with Crippen molar-refractivity contribution >= 4 is 94.7 Å². The molecule has 14 atom stereocenters. The average molecular weight is 1610 g/mol. The molecule has 0 aliphatic carbocycles. The molecule has 0 radical (unpaired) electrons. The molecule has 3 rings (SSSR count). The van der Waals surface area contributed by atoms with Crippen LogP contribution in [0, 0.1) is 23.7 Å². The number of likely N-dealkylation sites (tertiary alicyclic amines) is 1. The second-order valence-electron chi connectivity index (χ2n) is 30.4. The molecular weight excluding hydrogens is 1480 g/mol. The predicted molar refractivity (Wildman–Crippen MR) is 424 cm³/mol. The summed E-state index contributed by atoms with van der Waals surface area (Å²) < 4.78 is 0. The van der Waals surface area contributed by atoms with Gasteiger partial charge in [-0.1, -0.05) is 97.9 Å². The van der Waals surface area contributed by atoms with Gasteiger partial charge >= 0.3 is 11.9 Å². The molecule has 0 spiro atoms. The predicted octanol–water partition coefficient (Wildman–Crippen LogP) is -2.79. The quantitative estimate of drug-likeness (QED) is 0.0181. The molecule has 2 aromatic rings. The van der Waals surface area contributed by atoms with Gasteiger partial charge in [-0.05, 0) is 157 Å². The minimum atomic E-state index is -1.73.